The molecule has 3 heterocycles. The minimum absolute atomic E-state index is 0.0614. The number of rotatable bonds is 7. The molecular formula is C24H22F4N4O3. The predicted octanol–water partition coefficient (Wildman–Crippen LogP) is 4.58. The lowest BCUT2D eigenvalue weighted by atomic mass is 10.0. The Morgan fingerprint density at radius 1 is 1.14 bits per heavy atom. The number of aliphatic hydroxyl groups is 1. The van der Waals surface area contributed by atoms with E-state index < -0.39 is 24.7 Å². The maximum Gasteiger partial charge on any atom is 0.573 e. The molecule has 11 heteroatoms. The average Bonchev–Trinajstić information content (AvgIpc) is 3.33. The van der Waals surface area contributed by atoms with Crippen molar-refractivity contribution < 1.29 is 32.2 Å². The Morgan fingerprint density at radius 3 is 2.51 bits per heavy atom. The number of hydrogen-bond acceptors (Lipinski definition) is 6. The van der Waals surface area contributed by atoms with Crippen LogP contribution in [0, 0.1) is 5.92 Å². The van der Waals surface area contributed by atoms with Crippen LogP contribution in [0.15, 0.2) is 54.9 Å². The van der Waals surface area contributed by atoms with Gasteiger partial charge in [0.25, 0.3) is 5.91 Å². The fourth-order valence-corrected chi connectivity index (χ4v) is 3.83. The van der Waals surface area contributed by atoms with Crippen LogP contribution in [0.25, 0.3) is 11.1 Å². The summed E-state index contributed by atoms with van der Waals surface area (Å²) in [5.41, 5.74) is 2.02. The van der Waals surface area contributed by atoms with Gasteiger partial charge in [0.2, 0.25) is 0 Å². The van der Waals surface area contributed by atoms with Gasteiger partial charge in [-0.25, -0.2) is 9.37 Å². The van der Waals surface area contributed by atoms with Crippen molar-refractivity contribution in [3.63, 3.8) is 0 Å². The molecule has 2 aromatic heterocycles. The number of anilines is 2. The van der Waals surface area contributed by atoms with Crippen molar-refractivity contribution in [3.8, 4) is 16.9 Å². The van der Waals surface area contributed by atoms with Crippen LogP contribution in [0.2, 0.25) is 0 Å². The van der Waals surface area contributed by atoms with Crippen LogP contribution in [0.5, 0.6) is 5.75 Å². The normalized spacial score (nSPS) is 15.8. The summed E-state index contributed by atoms with van der Waals surface area (Å²) in [6.45, 7) is 0.639. The van der Waals surface area contributed by atoms with Crippen molar-refractivity contribution in [1.29, 1.82) is 0 Å². The van der Waals surface area contributed by atoms with E-state index in [2.05, 4.69) is 20.0 Å². The molecule has 4 rings (SSSR count). The van der Waals surface area contributed by atoms with Gasteiger partial charge in [0.15, 0.2) is 0 Å². The van der Waals surface area contributed by atoms with Crippen LogP contribution < -0.4 is 15.0 Å². The summed E-state index contributed by atoms with van der Waals surface area (Å²) in [6.07, 6.45) is -1.09. The zero-order valence-electron chi connectivity index (χ0n) is 18.4. The van der Waals surface area contributed by atoms with E-state index in [9.17, 15) is 27.5 Å². The maximum absolute atomic E-state index is 12.9. The molecule has 35 heavy (non-hydrogen) atoms. The number of pyridine rings is 2. The molecular weight excluding hydrogens is 468 g/mol. The first-order valence-electron chi connectivity index (χ1n) is 10.8. The van der Waals surface area contributed by atoms with Crippen molar-refractivity contribution >= 4 is 17.4 Å². The van der Waals surface area contributed by atoms with Crippen LogP contribution in [0.1, 0.15) is 22.5 Å². The quantitative estimate of drug-likeness (QED) is 0.472. The van der Waals surface area contributed by atoms with Gasteiger partial charge in [-0.15, -0.1) is 13.2 Å². The van der Waals surface area contributed by atoms with E-state index in [0.717, 1.165) is 18.6 Å². The first kappa shape index (κ1) is 24.4. The topological polar surface area (TPSA) is 87.6 Å². The Balaban J connectivity index is 1.59. The lowest BCUT2D eigenvalue weighted by molar-refractivity contribution is -0.274. The highest BCUT2D eigenvalue weighted by Gasteiger charge is 2.31. The highest BCUT2D eigenvalue weighted by atomic mass is 19.4. The van der Waals surface area contributed by atoms with E-state index in [1.54, 1.807) is 18.2 Å². The van der Waals surface area contributed by atoms with Gasteiger partial charge in [-0.1, -0.05) is 6.07 Å². The van der Waals surface area contributed by atoms with Gasteiger partial charge in [-0.05, 0) is 42.8 Å². The summed E-state index contributed by atoms with van der Waals surface area (Å²) < 4.78 is 53.8. The summed E-state index contributed by atoms with van der Waals surface area (Å²) in [6, 6.07) is 9.66. The SMILES string of the molecule is O=C(Nc1ccc(OC(F)(F)F)cc1)c1cnc(N2CCC(CO)C2)c(-c2ccc(CF)nc2)c1. The number of hydrogen-bond donors (Lipinski definition) is 2. The van der Waals surface area contributed by atoms with E-state index in [1.807, 2.05) is 4.90 Å². The molecule has 1 aliphatic rings. The zero-order valence-corrected chi connectivity index (χ0v) is 18.4. The molecule has 1 atom stereocenters. The van der Waals surface area contributed by atoms with Gasteiger partial charge in [0.1, 0.15) is 18.2 Å². The van der Waals surface area contributed by atoms with Gasteiger partial charge < -0.3 is 20.1 Å². The van der Waals surface area contributed by atoms with E-state index in [1.165, 1.54) is 24.5 Å². The van der Waals surface area contributed by atoms with Gasteiger partial charge in [0, 0.05) is 54.8 Å². The monoisotopic (exact) mass is 490 g/mol. The second-order valence-corrected chi connectivity index (χ2v) is 8.08. The number of benzene rings is 1. The summed E-state index contributed by atoms with van der Waals surface area (Å²) in [5.74, 6) is -0.192. The lowest BCUT2D eigenvalue weighted by Crippen LogP contribution is -2.23. The zero-order chi connectivity index (χ0) is 25.0. The molecule has 0 bridgehead atoms. The third-order valence-corrected chi connectivity index (χ3v) is 5.59. The van der Waals surface area contributed by atoms with Gasteiger partial charge >= 0.3 is 6.36 Å². The largest absolute Gasteiger partial charge is 0.573 e. The Kier molecular flexibility index (Phi) is 7.15. The molecule has 184 valence electrons. The second kappa shape index (κ2) is 10.3. The standard InChI is InChI=1S/C24H22F4N4O3/c25-10-19-2-1-16(11-29-19)21-9-17(12-30-22(21)32-8-7-15(13-32)14-33)23(34)31-18-3-5-20(6-4-18)35-24(26,27)28/h1-6,9,11-12,15,33H,7-8,10,13-14H2,(H,31,34). The minimum atomic E-state index is -4.81. The number of carbonyl (C=O) groups is 1. The van der Waals surface area contributed by atoms with Crippen molar-refractivity contribution in [3.05, 3.63) is 66.1 Å². The molecule has 0 spiro atoms. The Hall–Kier alpha value is -3.73. The molecule has 3 aromatic rings. The third-order valence-electron chi connectivity index (χ3n) is 5.59. The van der Waals surface area contributed by atoms with Gasteiger partial charge in [0.05, 0.1) is 11.3 Å². The van der Waals surface area contributed by atoms with Gasteiger partial charge in [-0.2, -0.15) is 0 Å². The highest BCUT2D eigenvalue weighted by molar-refractivity contribution is 6.05. The average molecular weight is 490 g/mol. The summed E-state index contributed by atoms with van der Waals surface area (Å²) in [4.78, 5) is 23.5. The molecule has 1 aliphatic heterocycles. The molecule has 1 amide bonds. The minimum Gasteiger partial charge on any atom is -0.406 e. The summed E-state index contributed by atoms with van der Waals surface area (Å²) in [7, 11) is 0. The first-order valence-corrected chi connectivity index (χ1v) is 10.8. The van der Waals surface area contributed by atoms with Crippen LogP contribution >= 0.6 is 0 Å². The maximum atomic E-state index is 12.9. The number of aliphatic hydroxyl groups excluding tert-OH is 1. The fourth-order valence-electron chi connectivity index (χ4n) is 3.83. The molecule has 1 unspecified atom stereocenters. The van der Waals surface area contributed by atoms with Gasteiger partial charge in [-0.3, -0.25) is 9.78 Å². The van der Waals surface area contributed by atoms with Crippen LogP contribution in [0.3, 0.4) is 0 Å². The molecule has 1 saturated heterocycles. The van der Waals surface area contributed by atoms with Crippen LogP contribution in [0.4, 0.5) is 29.1 Å². The number of aromatic nitrogens is 2. The van der Waals surface area contributed by atoms with Crippen molar-refractivity contribution in [2.75, 3.05) is 29.9 Å². The van der Waals surface area contributed by atoms with Crippen molar-refractivity contribution in [1.82, 2.24) is 9.97 Å². The molecule has 7 nitrogen and oxygen atoms in total. The smallest absolute Gasteiger partial charge is 0.406 e. The van der Waals surface area contributed by atoms with Crippen molar-refractivity contribution in [2.24, 2.45) is 5.92 Å². The number of nitrogens with zero attached hydrogens (tertiary/aromatic N) is 3. The Morgan fingerprint density at radius 2 is 1.91 bits per heavy atom. The first-order chi connectivity index (χ1) is 16.8. The third kappa shape index (κ3) is 6.04. The molecule has 1 aromatic carbocycles. The second-order valence-electron chi connectivity index (χ2n) is 8.08. The van der Waals surface area contributed by atoms with E-state index in [4.69, 9.17) is 0 Å². The Labute approximate surface area is 198 Å². The number of amides is 1. The molecule has 1 fully saturated rings. The van der Waals surface area contributed by atoms with E-state index in [0.29, 0.717) is 30.0 Å². The predicted molar refractivity (Wildman–Crippen MR) is 121 cm³/mol. The van der Waals surface area contributed by atoms with E-state index >= 15 is 0 Å². The van der Waals surface area contributed by atoms with Crippen LogP contribution in [-0.4, -0.2) is 47.0 Å². The number of alkyl halides is 4. The van der Waals surface area contributed by atoms with Crippen LogP contribution in [-0.2, 0) is 6.67 Å². The van der Waals surface area contributed by atoms with E-state index in [-0.39, 0.29) is 29.5 Å². The summed E-state index contributed by atoms with van der Waals surface area (Å²) in [5, 5.41) is 12.1. The number of ether oxygens (including phenoxy) is 1. The Bertz CT molecular complexity index is 1170. The molecule has 0 aliphatic carbocycles. The number of carbonyl (C=O) groups excluding carboxylic acids is 1. The summed E-state index contributed by atoms with van der Waals surface area (Å²) >= 11 is 0. The van der Waals surface area contributed by atoms with Crippen molar-refractivity contribution in [2.45, 2.75) is 19.5 Å². The fraction of sp³-hybridized carbons (Fsp3) is 0.292. The molecule has 0 saturated carbocycles. The number of nitrogens with one attached hydrogen (secondary N) is 1. The lowest BCUT2D eigenvalue weighted by Gasteiger charge is -2.21. The molecule has 2 N–H and O–H groups in total. The highest BCUT2D eigenvalue weighted by Crippen LogP contribution is 2.33. The number of halogens is 4. The molecule has 0 radical (unpaired) electrons.